The second-order valence-corrected chi connectivity index (χ2v) is 28.3. The topological polar surface area (TPSA) is 103 Å². The van der Waals surface area contributed by atoms with Crippen LogP contribution < -0.4 is 148 Å². The number of rotatable bonds is 23. The zero-order valence-corrected chi connectivity index (χ0v) is 76.1. The summed E-state index contributed by atoms with van der Waals surface area (Å²) in [5.41, 5.74) is 17.0. The SMILES string of the molecule is C.CCCCN1C(=CC=Cc2oc3ccccc3[n+]2CCCC)Oc2ccccc21.CCCC[n+]1c(C=CC=C2N(C)c3ccccc3C2(C)C)oc2ccccc21.CCCC[n+]1c(C=CC=C2N(C)c3ccccc3N2CC)oc2ccccc21.CCN1C(=CC=Cc2oc3ccccc3[n+]2CC)Oc2ccccc21.[I-].[I-].[I-].[I-]. The molecule has 0 saturated carbocycles. The van der Waals surface area contributed by atoms with Crippen LogP contribution in [-0.2, 0) is 31.6 Å². The summed E-state index contributed by atoms with van der Waals surface area (Å²) in [5.74, 6) is 8.20. The number of allylic oxidation sites excluding steroid dienone is 9. The van der Waals surface area contributed by atoms with Gasteiger partial charge in [-0.3, -0.25) is 0 Å². The van der Waals surface area contributed by atoms with Crippen molar-refractivity contribution < 1.29 is 141 Å². The first kappa shape index (κ1) is 91.6. The molecular weight excluding hydrogens is 1880 g/mol. The van der Waals surface area contributed by atoms with Crippen molar-refractivity contribution >= 4 is 97.1 Å². The predicted molar refractivity (Wildman–Crippen MR) is 456 cm³/mol. The molecular formula is C96H111I4N9O6. The number of anilines is 5. The molecule has 19 heteroatoms. The number of benzene rings is 8. The molecule has 0 saturated heterocycles. The van der Waals surface area contributed by atoms with E-state index in [2.05, 4.69) is 265 Å². The number of nitrogens with zero attached hydrogens (tertiary/aromatic N) is 9. The molecule has 0 unspecified atom stereocenters. The first-order chi connectivity index (χ1) is 53.9. The quantitative estimate of drug-likeness (QED) is 0.0452. The molecule has 15 nitrogen and oxygen atoms in total. The highest BCUT2D eigenvalue weighted by atomic mass is 127. The van der Waals surface area contributed by atoms with Gasteiger partial charge < -0.3 is 148 Å². The summed E-state index contributed by atoms with van der Waals surface area (Å²) in [6.07, 6.45) is 34.0. The molecule has 12 aromatic rings. The van der Waals surface area contributed by atoms with E-state index in [0.717, 1.165) is 200 Å². The Labute approximate surface area is 749 Å². The number of halogens is 4. The molecule has 0 radical (unpaired) electrons. The molecule has 8 aromatic carbocycles. The molecule has 0 bridgehead atoms. The number of unbranched alkanes of at least 4 members (excludes halogenated alkanes) is 4. The van der Waals surface area contributed by atoms with Crippen molar-refractivity contribution in [2.24, 2.45) is 0 Å². The number of oxazole rings is 4. The van der Waals surface area contributed by atoms with Gasteiger partial charge >= 0.3 is 23.6 Å². The fourth-order valence-electron chi connectivity index (χ4n) is 15.0. The van der Waals surface area contributed by atoms with Crippen LogP contribution >= 0.6 is 0 Å². The Morgan fingerprint density at radius 3 is 1.12 bits per heavy atom. The molecule has 0 spiro atoms. The minimum Gasteiger partial charge on any atom is -1.00 e. The molecule has 4 aromatic heterocycles. The van der Waals surface area contributed by atoms with Crippen molar-refractivity contribution in [1.29, 1.82) is 0 Å². The second-order valence-electron chi connectivity index (χ2n) is 28.3. The van der Waals surface area contributed by atoms with Crippen LogP contribution in [0.3, 0.4) is 0 Å². The van der Waals surface area contributed by atoms with E-state index >= 15 is 0 Å². The summed E-state index contributed by atoms with van der Waals surface area (Å²) in [4.78, 5) is 11.3. The number of fused-ring (bicyclic) bond motifs is 8. The maximum Gasteiger partial charge on any atom is 0.374 e. The van der Waals surface area contributed by atoms with Crippen molar-refractivity contribution in [1.82, 2.24) is 0 Å². The molecule has 0 amide bonds. The summed E-state index contributed by atoms with van der Waals surface area (Å²) >= 11 is 0. The van der Waals surface area contributed by atoms with Gasteiger partial charge in [-0.05, 0) is 142 Å². The fraction of sp³-hybridized carbons (Fsp3) is 0.292. The summed E-state index contributed by atoms with van der Waals surface area (Å²) in [6, 6.07) is 66.3. The molecule has 0 fully saturated rings. The molecule has 604 valence electrons. The second kappa shape index (κ2) is 43.9. The van der Waals surface area contributed by atoms with Gasteiger partial charge in [0.15, 0.2) is 31.1 Å². The fourth-order valence-corrected chi connectivity index (χ4v) is 15.0. The number of likely N-dealkylation sites (N-methyl/N-ethyl adjacent to an activating group) is 1. The van der Waals surface area contributed by atoms with Crippen LogP contribution in [0.25, 0.3) is 68.7 Å². The van der Waals surface area contributed by atoms with Gasteiger partial charge in [-0.25, -0.2) is 0 Å². The third kappa shape index (κ3) is 20.6. The van der Waals surface area contributed by atoms with Crippen LogP contribution in [0, 0.1) is 0 Å². The van der Waals surface area contributed by atoms with E-state index in [1.165, 1.54) is 34.1 Å². The van der Waals surface area contributed by atoms with Gasteiger partial charge in [0.2, 0.25) is 34.1 Å². The van der Waals surface area contributed by atoms with Gasteiger partial charge in [0.25, 0.3) is 22.1 Å². The highest BCUT2D eigenvalue weighted by molar-refractivity contribution is 5.83. The molecule has 0 aliphatic carbocycles. The van der Waals surface area contributed by atoms with E-state index < -0.39 is 0 Å². The monoisotopic (exact) mass is 1990 g/mol. The molecule has 0 atom stereocenters. The first-order valence-corrected chi connectivity index (χ1v) is 39.6. The lowest BCUT2D eigenvalue weighted by molar-refractivity contribution is -0.678. The Bertz CT molecular complexity index is 5450. The van der Waals surface area contributed by atoms with Crippen LogP contribution in [0.15, 0.2) is 284 Å². The Kier molecular flexibility index (Phi) is 34.9. The number of hydrogen-bond donors (Lipinski definition) is 0. The summed E-state index contributed by atoms with van der Waals surface area (Å²) < 4.78 is 45.4. The average Bonchev–Trinajstić information content (AvgIpc) is 1.60. The maximum atomic E-state index is 6.13. The summed E-state index contributed by atoms with van der Waals surface area (Å²) in [6.45, 7) is 26.4. The maximum absolute atomic E-state index is 6.13. The highest BCUT2D eigenvalue weighted by Crippen LogP contribution is 2.47. The molecule has 0 N–H and O–H groups in total. The van der Waals surface area contributed by atoms with Gasteiger partial charge in [-0.15, -0.1) is 0 Å². The zero-order valence-electron chi connectivity index (χ0n) is 67.5. The van der Waals surface area contributed by atoms with Crippen molar-refractivity contribution in [3.05, 3.63) is 295 Å². The number of hydrogen-bond acceptors (Lipinski definition) is 11. The first-order valence-electron chi connectivity index (χ1n) is 39.6. The Hall–Kier alpha value is -8.92. The van der Waals surface area contributed by atoms with E-state index in [0.29, 0.717) is 0 Å². The number of aryl methyl sites for hydroxylation is 4. The van der Waals surface area contributed by atoms with Crippen LogP contribution in [0.5, 0.6) is 11.5 Å². The summed E-state index contributed by atoms with van der Waals surface area (Å²) in [5, 5.41) is 0. The normalized spacial score (nSPS) is 15.0. The Balaban J connectivity index is 0.000000189. The number of ether oxygens (including phenoxy) is 2. The van der Waals surface area contributed by atoms with Crippen LogP contribution in [-0.4, -0.2) is 33.7 Å². The van der Waals surface area contributed by atoms with Crippen LogP contribution in [0.2, 0.25) is 0 Å². The van der Waals surface area contributed by atoms with E-state index in [4.69, 9.17) is 27.1 Å². The minimum absolute atomic E-state index is 0. The van der Waals surface area contributed by atoms with Crippen molar-refractivity contribution in [2.45, 2.75) is 153 Å². The third-order valence-electron chi connectivity index (χ3n) is 20.7. The van der Waals surface area contributed by atoms with Crippen molar-refractivity contribution in [3.8, 4) is 11.5 Å². The lowest BCUT2D eigenvalue weighted by Crippen LogP contribution is -3.00. The smallest absolute Gasteiger partial charge is 0.374 e. The van der Waals surface area contributed by atoms with Crippen LogP contribution in [0.1, 0.15) is 150 Å². The molecule has 115 heavy (non-hydrogen) atoms. The van der Waals surface area contributed by atoms with Gasteiger partial charge in [-0.1, -0.05) is 184 Å². The van der Waals surface area contributed by atoms with Crippen molar-refractivity contribution in [3.63, 3.8) is 0 Å². The number of para-hydroxylation sites is 15. The molecule has 16 rings (SSSR count). The van der Waals surface area contributed by atoms with Gasteiger partial charge in [0.1, 0.15) is 12.4 Å². The van der Waals surface area contributed by atoms with E-state index in [9.17, 15) is 0 Å². The Morgan fingerprint density at radius 2 is 0.696 bits per heavy atom. The zero-order chi connectivity index (χ0) is 76.5. The third-order valence-corrected chi connectivity index (χ3v) is 20.7. The van der Waals surface area contributed by atoms with E-state index in [1.54, 1.807) is 0 Å². The van der Waals surface area contributed by atoms with Gasteiger partial charge in [0.05, 0.1) is 47.1 Å². The molecule has 4 aliphatic heterocycles. The number of aromatic nitrogens is 4. The van der Waals surface area contributed by atoms with Gasteiger partial charge in [0, 0.05) is 94.1 Å². The van der Waals surface area contributed by atoms with E-state index in [1.807, 2.05) is 121 Å². The molecule has 8 heterocycles. The Morgan fingerprint density at radius 1 is 0.348 bits per heavy atom. The lowest BCUT2D eigenvalue weighted by atomic mass is 9.84. The minimum atomic E-state index is -0.0122. The lowest BCUT2D eigenvalue weighted by Gasteiger charge is -2.23. The van der Waals surface area contributed by atoms with Crippen molar-refractivity contribution in [2.75, 3.05) is 58.2 Å². The average molecular weight is 1990 g/mol. The summed E-state index contributed by atoms with van der Waals surface area (Å²) in [7, 11) is 4.27. The van der Waals surface area contributed by atoms with E-state index in [-0.39, 0.29) is 109 Å². The standard InChI is InChI=1S/C25H29N2O2.C25H29N2O.C24H28N3O.C21H21N2O2.CH4.4HI/c1-3-5-18-26-20-12-7-9-14-22(20)28-24(26)16-11-17-25-27(19-6-4-2)21-13-8-10-15-23(21)29-25;1-5-6-18-27-21-14-9-10-15-22(21)28-24(27)17-11-16-23-25(2,3)19-12-7-8-13-20(19)26(23)4;1-4-6-18-27-21-14-9-10-15-22(21)28-24(27)17-11-16-23-25(3)19-12-7-8-13-20(19)26(23)5-2;1-3-22-16-10-5-7-12-18(16)24-20(22)14-9-15-21-23(4-2)17-11-6-8-13-19(17)25-21;;;;;/h7-17H,3-6,18-19H2,1-2H3;7-17H,5-6,18H2,1-4H3;7-17H,4-6,18H2,1-3H3;5-15H,3-4H2,1-2H3;1H4;4*1H/q4*+1;;;;;/p-4. The predicted octanol–water partition coefficient (Wildman–Crippen LogP) is 10.4. The molecule has 4 aliphatic rings. The van der Waals surface area contributed by atoms with Gasteiger partial charge in [-0.2, -0.15) is 18.3 Å². The largest absolute Gasteiger partial charge is 1.00 e. The van der Waals surface area contributed by atoms with Crippen LogP contribution in [0.4, 0.5) is 28.4 Å². The highest BCUT2D eigenvalue weighted by Gasteiger charge is 2.38.